The van der Waals surface area contributed by atoms with Crippen LogP contribution in [0.2, 0.25) is 5.02 Å². The molecule has 0 bridgehead atoms. The highest BCUT2D eigenvalue weighted by Gasteiger charge is 2.27. The lowest BCUT2D eigenvalue weighted by Crippen LogP contribution is -2.47. The van der Waals surface area contributed by atoms with Crippen LogP contribution in [0.15, 0.2) is 48.7 Å². The predicted octanol–water partition coefficient (Wildman–Crippen LogP) is 3.79. The Balaban J connectivity index is 1.65. The number of aromatic nitrogens is 1. The van der Waals surface area contributed by atoms with Crippen molar-refractivity contribution in [2.45, 2.75) is 25.1 Å². The molecular weight excluding hydrogens is 577 g/mol. The highest BCUT2D eigenvalue weighted by atomic mass is 35.5. The van der Waals surface area contributed by atoms with Gasteiger partial charge in [-0.2, -0.15) is 0 Å². The number of carbonyl (C=O) groups is 2. The van der Waals surface area contributed by atoms with Gasteiger partial charge in [0, 0.05) is 25.2 Å². The number of likely N-dealkylation sites (N-methyl/N-ethyl adjacent to an activating group) is 1. The second-order valence-corrected chi connectivity index (χ2v) is 10.2. The lowest BCUT2D eigenvalue weighted by molar-refractivity contribution is 0.0452. The number of carbonyl (C=O) groups excluding carboxylic acids is 2. The fraction of sp³-hybridized carbons (Fsp3) is 0.292. The topological polar surface area (TPSA) is 171 Å². The van der Waals surface area contributed by atoms with E-state index in [2.05, 4.69) is 20.1 Å². The quantitative estimate of drug-likeness (QED) is 0.205. The van der Waals surface area contributed by atoms with Gasteiger partial charge in [-0.15, -0.1) is 0 Å². The van der Waals surface area contributed by atoms with Crippen molar-refractivity contribution in [1.29, 1.82) is 0 Å². The monoisotopic (exact) mass is 602 g/mol. The molecule has 2 aromatic carbocycles. The van der Waals surface area contributed by atoms with Crippen LogP contribution < -0.4 is 10.6 Å². The summed E-state index contributed by atoms with van der Waals surface area (Å²) in [5, 5.41) is 16.1. The summed E-state index contributed by atoms with van der Waals surface area (Å²) in [4.78, 5) is 48.1. The van der Waals surface area contributed by atoms with Gasteiger partial charge in [0.1, 0.15) is 24.1 Å². The minimum absolute atomic E-state index is 0.0628. The predicted molar refractivity (Wildman–Crippen MR) is 140 cm³/mol. The minimum atomic E-state index is -4.87. The molecule has 12 nitrogen and oxygen atoms in total. The first-order valence-corrected chi connectivity index (χ1v) is 13.5. The summed E-state index contributed by atoms with van der Waals surface area (Å²) in [5.41, 5.74) is 0.299. The molecule has 5 N–H and O–H groups in total. The Morgan fingerprint density at radius 1 is 1.15 bits per heavy atom. The van der Waals surface area contributed by atoms with Crippen LogP contribution in [0.3, 0.4) is 0 Å². The summed E-state index contributed by atoms with van der Waals surface area (Å²) < 4.78 is 47.7. The molecule has 0 saturated heterocycles. The van der Waals surface area contributed by atoms with E-state index in [0.717, 1.165) is 11.0 Å². The fourth-order valence-electron chi connectivity index (χ4n) is 3.54. The summed E-state index contributed by atoms with van der Waals surface area (Å²) in [7, 11) is -3.55. The summed E-state index contributed by atoms with van der Waals surface area (Å²) in [6.45, 7) is -1.38. The maximum atomic E-state index is 13.7. The Kier molecular flexibility index (Phi) is 10.7. The molecule has 0 aliphatic heterocycles. The Bertz CT molecular complexity index is 1410. The second kappa shape index (κ2) is 13.8. The molecular formula is C24H26ClF2N4O8P. The van der Waals surface area contributed by atoms with E-state index in [4.69, 9.17) is 26.1 Å². The third-order valence-corrected chi connectivity index (χ3v) is 6.54. The number of hydrogen-bond acceptors (Lipinski definition) is 7. The van der Waals surface area contributed by atoms with Gasteiger partial charge >= 0.3 is 19.9 Å². The Morgan fingerprint density at radius 2 is 1.90 bits per heavy atom. The van der Waals surface area contributed by atoms with Gasteiger partial charge in [0.25, 0.3) is 0 Å². The van der Waals surface area contributed by atoms with Gasteiger partial charge in [0.2, 0.25) is 0 Å². The number of rotatable bonds is 11. The van der Waals surface area contributed by atoms with Crippen LogP contribution in [-0.4, -0.2) is 69.3 Å². The summed E-state index contributed by atoms with van der Waals surface area (Å²) >= 11 is 5.91. The number of phosphoric acid groups is 1. The highest BCUT2D eigenvalue weighted by molar-refractivity contribution is 7.46. The van der Waals surface area contributed by atoms with Crippen molar-refractivity contribution in [2.24, 2.45) is 0 Å². The molecule has 16 heteroatoms. The molecule has 1 aromatic heterocycles. The molecule has 1 heterocycles. The molecule has 2 atom stereocenters. The SMILES string of the molecule is CN(C(=O)NCc1cccc(F)c1Cl)[C@H](COC(=O)Nc1cc2cc(F)ccc2cn1)C[C@@H](O)COP(=O)(O)O. The zero-order valence-electron chi connectivity index (χ0n) is 21.0. The Morgan fingerprint density at radius 3 is 2.62 bits per heavy atom. The molecule has 40 heavy (non-hydrogen) atoms. The molecule has 3 rings (SSSR count). The van der Waals surface area contributed by atoms with Crippen LogP contribution in [0, 0.1) is 11.6 Å². The fourth-order valence-corrected chi connectivity index (χ4v) is 4.10. The van der Waals surface area contributed by atoms with Crippen LogP contribution >= 0.6 is 19.4 Å². The molecule has 0 saturated carbocycles. The summed E-state index contributed by atoms with van der Waals surface area (Å²) in [6.07, 6.45) is -1.33. The molecule has 0 aliphatic carbocycles. The summed E-state index contributed by atoms with van der Waals surface area (Å²) in [6, 6.07) is 7.84. The van der Waals surface area contributed by atoms with Gasteiger partial charge in [-0.1, -0.05) is 23.7 Å². The van der Waals surface area contributed by atoms with Gasteiger partial charge in [-0.05, 0) is 47.7 Å². The van der Waals surface area contributed by atoms with Gasteiger partial charge in [0.05, 0.1) is 23.8 Å². The normalized spacial score (nSPS) is 13.0. The summed E-state index contributed by atoms with van der Waals surface area (Å²) in [5.74, 6) is -1.08. The van der Waals surface area contributed by atoms with E-state index in [1.165, 1.54) is 49.6 Å². The molecule has 0 radical (unpaired) electrons. The van der Waals surface area contributed by atoms with E-state index >= 15 is 0 Å². The molecule has 0 unspecified atom stereocenters. The van der Waals surface area contributed by atoms with Crippen molar-refractivity contribution < 1.29 is 47.1 Å². The van der Waals surface area contributed by atoms with Crippen LogP contribution in [0.4, 0.5) is 24.2 Å². The molecule has 3 aromatic rings. The minimum Gasteiger partial charge on any atom is -0.447 e. The van der Waals surface area contributed by atoms with E-state index in [0.29, 0.717) is 16.3 Å². The molecule has 216 valence electrons. The number of aliphatic hydroxyl groups excluding tert-OH is 1. The third-order valence-electron chi connectivity index (χ3n) is 5.63. The van der Waals surface area contributed by atoms with Crippen molar-refractivity contribution in [3.63, 3.8) is 0 Å². The molecule has 0 fully saturated rings. The largest absolute Gasteiger partial charge is 0.469 e. The number of anilines is 1. The van der Waals surface area contributed by atoms with E-state index in [-0.39, 0.29) is 23.8 Å². The first-order chi connectivity index (χ1) is 18.8. The van der Waals surface area contributed by atoms with Crippen molar-refractivity contribution in [3.05, 3.63) is 70.9 Å². The van der Waals surface area contributed by atoms with E-state index in [1.54, 1.807) is 0 Å². The smallest absolute Gasteiger partial charge is 0.447 e. The molecule has 0 spiro atoms. The Hall–Kier alpha value is -3.39. The van der Waals surface area contributed by atoms with Gasteiger partial charge in [0.15, 0.2) is 0 Å². The first kappa shape index (κ1) is 31.1. The van der Waals surface area contributed by atoms with Crippen LogP contribution in [-0.2, 0) is 20.4 Å². The number of nitrogens with zero attached hydrogens (tertiary/aromatic N) is 2. The number of benzene rings is 2. The lowest BCUT2D eigenvalue weighted by Gasteiger charge is -2.29. The van der Waals surface area contributed by atoms with E-state index in [9.17, 15) is 28.0 Å². The molecule has 3 amide bonds. The van der Waals surface area contributed by atoms with Gasteiger partial charge in [-0.3, -0.25) is 9.84 Å². The van der Waals surface area contributed by atoms with Crippen molar-refractivity contribution in [3.8, 4) is 0 Å². The van der Waals surface area contributed by atoms with Crippen molar-refractivity contribution in [1.82, 2.24) is 15.2 Å². The van der Waals surface area contributed by atoms with Crippen molar-refractivity contribution >= 4 is 48.1 Å². The zero-order valence-corrected chi connectivity index (χ0v) is 22.6. The van der Waals surface area contributed by atoms with Crippen LogP contribution in [0.5, 0.6) is 0 Å². The maximum Gasteiger partial charge on any atom is 0.469 e. The average Bonchev–Trinajstić information content (AvgIpc) is 2.89. The third kappa shape index (κ3) is 9.37. The number of fused-ring (bicyclic) bond motifs is 1. The highest BCUT2D eigenvalue weighted by Crippen LogP contribution is 2.36. The number of halogens is 3. The first-order valence-electron chi connectivity index (χ1n) is 11.6. The number of pyridine rings is 1. The number of phosphoric ester groups is 1. The Labute approximate surface area is 232 Å². The zero-order chi connectivity index (χ0) is 29.4. The van der Waals surface area contributed by atoms with Crippen molar-refractivity contribution in [2.75, 3.05) is 25.6 Å². The standard InChI is InChI=1S/C24H26ClF2N4O8P/c1-31(23(33)29-11-15-3-2-4-20(27)22(15)25)18(9-19(32)13-39-40(35,36)37)12-38-24(34)30-21-8-16-7-17(26)6-5-14(16)10-28-21/h2-8,10,18-19,32H,9,11-13H2,1H3,(H,29,33)(H,28,30,34)(H2,35,36,37)/t18-,19+/m0/s1. The number of aliphatic hydroxyl groups is 1. The second-order valence-electron chi connectivity index (χ2n) is 8.60. The van der Waals surface area contributed by atoms with Gasteiger partial charge in [-0.25, -0.2) is 27.9 Å². The maximum absolute atomic E-state index is 13.7. The number of amides is 3. The number of ether oxygens (including phenoxy) is 1. The average molecular weight is 603 g/mol. The lowest BCUT2D eigenvalue weighted by atomic mass is 10.1. The van der Waals surface area contributed by atoms with Crippen LogP contribution in [0.1, 0.15) is 12.0 Å². The number of hydrogen-bond donors (Lipinski definition) is 5. The molecule has 0 aliphatic rings. The van der Waals surface area contributed by atoms with Crippen LogP contribution in [0.25, 0.3) is 10.8 Å². The van der Waals surface area contributed by atoms with E-state index in [1.807, 2.05) is 0 Å². The van der Waals surface area contributed by atoms with E-state index < -0.39 is 56.9 Å². The van der Waals surface area contributed by atoms with Gasteiger partial charge < -0.3 is 29.8 Å². The number of nitrogens with one attached hydrogen (secondary N) is 2. The number of urea groups is 1.